The lowest BCUT2D eigenvalue weighted by Crippen LogP contribution is -2.07. The number of nitrogens with two attached hydrogens (primary N) is 1. The van der Waals surface area contributed by atoms with Gasteiger partial charge in [0.25, 0.3) is 0 Å². The summed E-state index contributed by atoms with van der Waals surface area (Å²) in [5, 5.41) is 0. The summed E-state index contributed by atoms with van der Waals surface area (Å²) in [4.78, 5) is 9.03. The number of aromatic nitrogens is 2. The molecule has 0 atom stereocenters. The van der Waals surface area contributed by atoms with Crippen LogP contribution in [0.15, 0.2) is 24.3 Å². The lowest BCUT2D eigenvalue weighted by molar-refractivity contribution is 0.242. The van der Waals surface area contributed by atoms with Crippen LogP contribution in [-0.2, 0) is 0 Å². The Bertz CT molecular complexity index is 595. The Hall–Kier alpha value is -2.10. The molecule has 0 spiro atoms. The summed E-state index contributed by atoms with van der Waals surface area (Å²) in [7, 11) is 0. The molecule has 112 valence electrons. The molecule has 21 heavy (non-hydrogen) atoms. The highest BCUT2D eigenvalue weighted by atomic mass is 16.5. The van der Waals surface area contributed by atoms with E-state index in [2.05, 4.69) is 23.8 Å². The molecule has 0 aliphatic carbocycles. The summed E-state index contributed by atoms with van der Waals surface area (Å²) in [5.74, 6) is 2.39. The number of nitrogen functional groups attached to an aromatic ring is 1. The zero-order valence-electron chi connectivity index (χ0n) is 13.3. The first-order chi connectivity index (χ1) is 9.88. The Labute approximate surface area is 126 Å². The van der Waals surface area contributed by atoms with Gasteiger partial charge >= 0.3 is 0 Å². The van der Waals surface area contributed by atoms with Crippen molar-refractivity contribution < 1.29 is 4.74 Å². The third-order valence-corrected chi connectivity index (χ3v) is 3.23. The predicted molar refractivity (Wildman–Crippen MR) is 86.5 cm³/mol. The molecule has 2 rings (SSSR count). The number of benzene rings is 1. The van der Waals surface area contributed by atoms with Crippen LogP contribution in [0.25, 0.3) is 11.4 Å². The van der Waals surface area contributed by atoms with Crippen molar-refractivity contribution in [3.63, 3.8) is 0 Å². The molecular weight excluding hydrogens is 262 g/mol. The van der Waals surface area contributed by atoms with Crippen molar-refractivity contribution in [2.45, 2.75) is 46.6 Å². The van der Waals surface area contributed by atoms with E-state index >= 15 is 0 Å². The van der Waals surface area contributed by atoms with Crippen LogP contribution in [0, 0.1) is 6.92 Å². The number of hydrogen-bond donors (Lipinski definition) is 1. The lowest BCUT2D eigenvalue weighted by Gasteiger charge is -2.14. The van der Waals surface area contributed by atoms with Gasteiger partial charge in [-0.1, -0.05) is 13.8 Å². The van der Waals surface area contributed by atoms with E-state index in [-0.39, 0.29) is 6.10 Å². The maximum Gasteiger partial charge on any atom is 0.161 e. The van der Waals surface area contributed by atoms with Crippen LogP contribution in [0.3, 0.4) is 0 Å². The van der Waals surface area contributed by atoms with Gasteiger partial charge < -0.3 is 10.5 Å². The molecule has 4 heteroatoms. The Morgan fingerprint density at radius 3 is 2.10 bits per heavy atom. The van der Waals surface area contributed by atoms with Gasteiger partial charge in [-0.2, -0.15) is 0 Å². The number of anilines is 1. The molecule has 4 nitrogen and oxygen atoms in total. The van der Waals surface area contributed by atoms with Crippen LogP contribution in [0.1, 0.15) is 44.9 Å². The van der Waals surface area contributed by atoms with E-state index in [1.807, 2.05) is 45.0 Å². The Balaban J connectivity index is 2.34. The largest absolute Gasteiger partial charge is 0.491 e. The fourth-order valence-corrected chi connectivity index (χ4v) is 2.40. The average molecular weight is 285 g/mol. The molecule has 1 heterocycles. The minimum Gasteiger partial charge on any atom is -0.491 e. The van der Waals surface area contributed by atoms with Gasteiger partial charge in [0.1, 0.15) is 11.6 Å². The van der Waals surface area contributed by atoms with Gasteiger partial charge in [-0.25, -0.2) is 9.97 Å². The second-order valence-corrected chi connectivity index (χ2v) is 5.78. The molecule has 0 aliphatic rings. The van der Waals surface area contributed by atoms with E-state index in [1.54, 1.807) is 0 Å². The fraction of sp³-hybridized carbons (Fsp3) is 0.412. The molecule has 0 bridgehead atoms. The maximum absolute atomic E-state index is 6.08. The summed E-state index contributed by atoms with van der Waals surface area (Å²) >= 11 is 0. The average Bonchev–Trinajstić information content (AvgIpc) is 2.37. The highest BCUT2D eigenvalue weighted by Gasteiger charge is 2.13. The Morgan fingerprint density at radius 1 is 1.00 bits per heavy atom. The van der Waals surface area contributed by atoms with Crippen LogP contribution < -0.4 is 10.5 Å². The van der Waals surface area contributed by atoms with E-state index in [4.69, 9.17) is 10.5 Å². The number of rotatable bonds is 4. The molecule has 0 unspecified atom stereocenters. The van der Waals surface area contributed by atoms with E-state index in [9.17, 15) is 0 Å². The zero-order chi connectivity index (χ0) is 15.6. The summed E-state index contributed by atoms with van der Waals surface area (Å²) in [6.07, 6.45) is 0.162. The molecule has 1 aromatic heterocycles. The van der Waals surface area contributed by atoms with Gasteiger partial charge in [0.05, 0.1) is 6.10 Å². The number of ether oxygens (including phenoxy) is 1. The van der Waals surface area contributed by atoms with Crippen molar-refractivity contribution in [2.75, 3.05) is 5.73 Å². The number of hydrogen-bond acceptors (Lipinski definition) is 4. The molecule has 2 N–H and O–H groups in total. The first-order valence-corrected chi connectivity index (χ1v) is 7.29. The zero-order valence-corrected chi connectivity index (χ0v) is 13.3. The molecule has 0 radical (unpaired) electrons. The topological polar surface area (TPSA) is 61.0 Å². The molecule has 2 aromatic rings. The van der Waals surface area contributed by atoms with Gasteiger partial charge in [0.15, 0.2) is 5.82 Å². The van der Waals surface area contributed by atoms with Gasteiger partial charge in [-0.15, -0.1) is 0 Å². The number of nitrogens with zero attached hydrogens (tertiary/aromatic N) is 2. The maximum atomic E-state index is 6.08. The smallest absolute Gasteiger partial charge is 0.161 e. The van der Waals surface area contributed by atoms with Gasteiger partial charge in [0.2, 0.25) is 0 Å². The summed E-state index contributed by atoms with van der Waals surface area (Å²) in [5.41, 5.74) is 8.99. The van der Waals surface area contributed by atoms with Crippen molar-refractivity contribution >= 4 is 5.82 Å². The van der Waals surface area contributed by atoms with Crippen molar-refractivity contribution in [3.8, 4) is 17.1 Å². The van der Waals surface area contributed by atoms with Crippen molar-refractivity contribution in [3.05, 3.63) is 35.5 Å². The van der Waals surface area contributed by atoms with E-state index in [1.165, 1.54) is 0 Å². The normalized spacial score (nSPS) is 11.2. The van der Waals surface area contributed by atoms with Crippen LogP contribution in [-0.4, -0.2) is 16.1 Å². The van der Waals surface area contributed by atoms with E-state index < -0.39 is 0 Å². The van der Waals surface area contributed by atoms with Crippen molar-refractivity contribution in [1.29, 1.82) is 0 Å². The lowest BCUT2D eigenvalue weighted by atomic mass is 10.0. The molecule has 0 amide bonds. The summed E-state index contributed by atoms with van der Waals surface area (Å²) in [6.45, 7) is 10.2. The van der Waals surface area contributed by atoms with Gasteiger partial charge in [-0.05, 0) is 51.0 Å². The second-order valence-electron chi connectivity index (χ2n) is 5.78. The molecule has 0 saturated carbocycles. The third kappa shape index (κ3) is 3.51. The standard InChI is InChI=1S/C17H23N3O/c1-10(2)15-12(5)19-17(20-16(15)18)13-6-8-14(9-7-13)21-11(3)4/h6-11H,1-5H3,(H2,18,19,20). The van der Waals surface area contributed by atoms with Gasteiger partial charge in [-0.3, -0.25) is 0 Å². The minimum atomic E-state index is 0.162. The summed E-state index contributed by atoms with van der Waals surface area (Å²) < 4.78 is 5.64. The predicted octanol–water partition coefficient (Wildman–Crippen LogP) is 3.94. The first-order valence-electron chi connectivity index (χ1n) is 7.29. The number of aryl methyl sites for hydroxylation is 1. The molecule has 0 fully saturated rings. The van der Waals surface area contributed by atoms with Crippen LogP contribution >= 0.6 is 0 Å². The van der Waals surface area contributed by atoms with E-state index in [0.717, 1.165) is 22.6 Å². The highest BCUT2D eigenvalue weighted by molar-refractivity contribution is 5.60. The first kappa shape index (κ1) is 15.3. The third-order valence-electron chi connectivity index (χ3n) is 3.23. The van der Waals surface area contributed by atoms with E-state index in [0.29, 0.717) is 17.6 Å². The SMILES string of the molecule is Cc1nc(-c2ccc(OC(C)C)cc2)nc(N)c1C(C)C. The molecule has 1 aromatic carbocycles. The fourth-order valence-electron chi connectivity index (χ4n) is 2.40. The molecule has 0 aliphatic heterocycles. The van der Waals surface area contributed by atoms with Crippen molar-refractivity contribution in [1.82, 2.24) is 9.97 Å². The Morgan fingerprint density at radius 2 is 1.62 bits per heavy atom. The molecular formula is C17H23N3O. The van der Waals surface area contributed by atoms with Crippen LogP contribution in [0.5, 0.6) is 5.75 Å². The second kappa shape index (κ2) is 6.12. The highest BCUT2D eigenvalue weighted by Crippen LogP contribution is 2.27. The quantitative estimate of drug-likeness (QED) is 0.924. The minimum absolute atomic E-state index is 0.162. The van der Waals surface area contributed by atoms with Crippen LogP contribution in [0.4, 0.5) is 5.82 Å². The van der Waals surface area contributed by atoms with Crippen LogP contribution in [0.2, 0.25) is 0 Å². The Kier molecular flexibility index (Phi) is 4.46. The van der Waals surface area contributed by atoms with Crippen molar-refractivity contribution in [2.24, 2.45) is 0 Å². The van der Waals surface area contributed by atoms with Gasteiger partial charge in [0, 0.05) is 16.8 Å². The monoisotopic (exact) mass is 285 g/mol. The molecule has 0 saturated heterocycles. The summed E-state index contributed by atoms with van der Waals surface area (Å²) in [6, 6.07) is 7.78.